The van der Waals surface area contributed by atoms with E-state index in [4.69, 9.17) is 0 Å². The van der Waals surface area contributed by atoms with Crippen LogP contribution in [0.15, 0.2) is 30.3 Å². The summed E-state index contributed by atoms with van der Waals surface area (Å²) < 4.78 is 0. The van der Waals surface area contributed by atoms with Crippen molar-refractivity contribution in [1.29, 1.82) is 0 Å². The van der Waals surface area contributed by atoms with Gasteiger partial charge in [-0.05, 0) is 24.3 Å². The van der Waals surface area contributed by atoms with Crippen LogP contribution in [-0.4, -0.2) is 48.8 Å². The molecule has 1 aliphatic rings. The van der Waals surface area contributed by atoms with Crippen LogP contribution in [0.5, 0.6) is 0 Å². The Morgan fingerprint density at radius 3 is 2.63 bits per heavy atom. The van der Waals surface area contributed by atoms with Crippen molar-refractivity contribution in [3.63, 3.8) is 0 Å². The Morgan fingerprint density at radius 1 is 1.26 bits per heavy atom. The molecule has 2 atom stereocenters. The third kappa shape index (κ3) is 3.98. The topological polar surface area (TPSA) is 6.48 Å². The Bertz CT molecular complexity index is 364. The molecule has 0 bridgehead atoms. The smallest absolute Gasteiger partial charge is 0.0475 e. The monoisotopic (exact) mass is 278 g/mol. The summed E-state index contributed by atoms with van der Waals surface area (Å²) in [4.78, 5) is 5.09. The van der Waals surface area contributed by atoms with Gasteiger partial charge in [0, 0.05) is 32.2 Å². The molecule has 1 aliphatic heterocycles. The SMILES string of the molecule is CCC(CS)CN1CCN(C)CC1c1ccccc1. The molecular weight excluding hydrogens is 252 g/mol. The van der Waals surface area contributed by atoms with Gasteiger partial charge in [-0.1, -0.05) is 43.7 Å². The highest BCUT2D eigenvalue weighted by Crippen LogP contribution is 2.26. The number of likely N-dealkylation sites (N-methyl/N-ethyl adjacent to an activating group) is 1. The van der Waals surface area contributed by atoms with Gasteiger partial charge in [0.1, 0.15) is 0 Å². The van der Waals surface area contributed by atoms with Crippen LogP contribution < -0.4 is 0 Å². The lowest BCUT2D eigenvalue weighted by Gasteiger charge is -2.41. The minimum atomic E-state index is 0.536. The first-order chi connectivity index (χ1) is 9.24. The second kappa shape index (κ2) is 7.32. The maximum Gasteiger partial charge on any atom is 0.0475 e. The molecule has 1 heterocycles. The molecule has 0 aromatic heterocycles. The number of hydrogen-bond donors (Lipinski definition) is 1. The fraction of sp³-hybridized carbons (Fsp3) is 0.625. The molecule has 0 saturated carbocycles. The summed E-state index contributed by atoms with van der Waals surface area (Å²) in [5.41, 5.74) is 1.45. The van der Waals surface area contributed by atoms with Crippen LogP contribution >= 0.6 is 12.6 Å². The van der Waals surface area contributed by atoms with Gasteiger partial charge in [0.15, 0.2) is 0 Å². The van der Waals surface area contributed by atoms with E-state index in [2.05, 4.69) is 66.7 Å². The number of benzene rings is 1. The molecule has 0 amide bonds. The first kappa shape index (κ1) is 14.9. The second-order valence-corrected chi connectivity index (χ2v) is 6.01. The number of thiol groups is 1. The molecule has 2 nitrogen and oxygen atoms in total. The zero-order chi connectivity index (χ0) is 13.7. The quantitative estimate of drug-likeness (QED) is 0.827. The van der Waals surface area contributed by atoms with E-state index in [1.807, 2.05) is 0 Å². The Morgan fingerprint density at radius 2 is 2.00 bits per heavy atom. The fourth-order valence-corrected chi connectivity index (χ4v) is 3.19. The van der Waals surface area contributed by atoms with Crippen molar-refractivity contribution < 1.29 is 0 Å². The fourth-order valence-electron chi connectivity index (χ4n) is 2.81. The van der Waals surface area contributed by atoms with E-state index in [1.165, 1.54) is 31.6 Å². The third-order valence-electron chi connectivity index (χ3n) is 4.21. The van der Waals surface area contributed by atoms with Crippen molar-refractivity contribution in [2.24, 2.45) is 5.92 Å². The van der Waals surface area contributed by atoms with Crippen molar-refractivity contribution in [2.75, 3.05) is 39.0 Å². The summed E-state index contributed by atoms with van der Waals surface area (Å²) in [5, 5.41) is 0. The van der Waals surface area contributed by atoms with Crippen molar-refractivity contribution in [3.05, 3.63) is 35.9 Å². The molecule has 1 aromatic rings. The summed E-state index contributed by atoms with van der Waals surface area (Å²) in [6.07, 6.45) is 1.22. The number of nitrogens with zero attached hydrogens (tertiary/aromatic N) is 2. The molecule has 0 aliphatic carbocycles. The van der Waals surface area contributed by atoms with E-state index in [0.717, 1.165) is 12.3 Å². The average Bonchev–Trinajstić information content (AvgIpc) is 2.47. The average molecular weight is 278 g/mol. The third-order valence-corrected chi connectivity index (χ3v) is 4.72. The van der Waals surface area contributed by atoms with E-state index in [-0.39, 0.29) is 0 Å². The summed E-state index contributed by atoms with van der Waals surface area (Å²) >= 11 is 4.49. The highest BCUT2D eigenvalue weighted by Gasteiger charge is 2.27. The summed E-state index contributed by atoms with van der Waals surface area (Å²) in [6.45, 7) is 6.92. The van der Waals surface area contributed by atoms with Crippen LogP contribution in [0.25, 0.3) is 0 Å². The molecule has 0 spiro atoms. The maximum absolute atomic E-state index is 4.49. The van der Waals surface area contributed by atoms with Crippen LogP contribution in [-0.2, 0) is 0 Å². The highest BCUT2D eigenvalue weighted by molar-refractivity contribution is 7.80. The van der Waals surface area contributed by atoms with Gasteiger partial charge in [0.2, 0.25) is 0 Å². The minimum Gasteiger partial charge on any atom is -0.303 e. The zero-order valence-electron chi connectivity index (χ0n) is 12.1. The largest absolute Gasteiger partial charge is 0.303 e. The van der Waals surface area contributed by atoms with Crippen molar-refractivity contribution in [2.45, 2.75) is 19.4 Å². The Balaban J connectivity index is 2.11. The van der Waals surface area contributed by atoms with Crippen LogP contribution in [0.3, 0.4) is 0 Å². The van der Waals surface area contributed by atoms with Gasteiger partial charge in [-0.15, -0.1) is 0 Å². The van der Waals surface area contributed by atoms with E-state index in [9.17, 15) is 0 Å². The molecule has 1 fully saturated rings. The summed E-state index contributed by atoms with van der Waals surface area (Å²) in [5.74, 6) is 1.70. The standard InChI is InChI=1S/C16H26N2S/c1-3-14(13-19)11-18-10-9-17(2)12-16(18)15-7-5-4-6-8-15/h4-8,14,16,19H,3,9-13H2,1-2H3. The second-order valence-electron chi connectivity index (χ2n) is 5.64. The molecule has 0 radical (unpaired) electrons. The minimum absolute atomic E-state index is 0.536. The van der Waals surface area contributed by atoms with E-state index < -0.39 is 0 Å². The van der Waals surface area contributed by atoms with Gasteiger partial charge in [-0.2, -0.15) is 12.6 Å². The molecule has 1 saturated heterocycles. The van der Waals surface area contributed by atoms with Crippen LogP contribution in [0.2, 0.25) is 0 Å². The van der Waals surface area contributed by atoms with Crippen molar-refractivity contribution in [3.8, 4) is 0 Å². The summed E-state index contributed by atoms with van der Waals surface area (Å²) in [6, 6.07) is 11.5. The molecular formula is C16H26N2S. The number of piperazine rings is 1. The molecule has 19 heavy (non-hydrogen) atoms. The van der Waals surface area contributed by atoms with Crippen LogP contribution in [0.4, 0.5) is 0 Å². The zero-order valence-corrected chi connectivity index (χ0v) is 13.0. The lowest BCUT2D eigenvalue weighted by atomic mass is 10.00. The lowest BCUT2D eigenvalue weighted by molar-refractivity contribution is 0.0774. The first-order valence-corrected chi connectivity index (χ1v) is 7.96. The predicted octanol–water partition coefficient (Wildman–Crippen LogP) is 2.93. The van der Waals surface area contributed by atoms with Crippen molar-refractivity contribution in [1.82, 2.24) is 9.80 Å². The van der Waals surface area contributed by atoms with Gasteiger partial charge in [-0.25, -0.2) is 0 Å². The number of hydrogen-bond acceptors (Lipinski definition) is 3. The Kier molecular flexibility index (Phi) is 5.74. The molecule has 106 valence electrons. The normalized spacial score (nSPS) is 23.4. The van der Waals surface area contributed by atoms with Gasteiger partial charge in [-0.3, -0.25) is 4.90 Å². The van der Waals surface area contributed by atoms with E-state index >= 15 is 0 Å². The van der Waals surface area contributed by atoms with Crippen LogP contribution in [0.1, 0.15) is 24.9 Å². The first-order valence-electron chi connectivity index (χ1n) is 7.33. The highest BCUT2D eigenvalue weighted by atomic mass is 32.1. The molecule has 2 unspecified atom stereocenters. The maximum atomic E-state index is 4.49. The lowest BCUT2D eigenvalue weighted by Crippen LogP contribution is -2.48. The van der Waals surface area contributed by atoms with Crippen molar-refractivity contribution >= 4 is 12.6 Å². The van der Waals surface area contributed by atoms with Gasteiger partial charge < -0.3 is 4.90 Å². The van der Waals surface area contributed by atoms with Gasteiger partial charge in [0.05, 0.1) is 0 Å². The number of rotatable bonds is 5. The Hall–Kier alpha value is -0.510. The van der Waals surface area contributed by atoms with Gasteiger partial charge >= 0.3 is 0 Å². The predicted molar refractivity (Wildman–Crippen MR) is 85.9 cm³/mol. The van der Waals surface area contributed by atoms with Crippen LogP contribution in [0, 0.1) is 5.92 Å². The summed E-state index contributed by atoms with van der Waals surface area (Å²) in [7, 11) is 2.23. The molecule has 3 heteroatoms. The Labute approximate surface area is 123 Å². The van der Waals surface area contributed by atoms with Gasteiger partial charge in [0.25, 0.3) is 0 Å². The van der Waals surface area contributed by atoms with E-state index in [1.54, 1.807) is 0 Å². The van der Waals surface area contributed by atoms with E-state index in [0.29, 0.717) is 12.0 Å². The molecule has 0 N–H and O–H groups in total. The molecule has 1 aromatic carbocycles. The molecule has 2 rings (SSSR count).